The van der Waals surface area contributed by atoms with Crippen molar-refractivity contribution in [1.29, 1.82) is 0 Å². The van der Waals surface area contributed by atoms with Crippen molar-refractivity contribution in [2.75, 3.05) is 6.61 Å². The number of aryl methyl sites for hydroxylation is 2. The van der Waals surface area contributed by atoms with E-state index in [-0.39, 0.29) is 6.04 Å². The van der Waals surface area contributed by atoms with E-state index in [4.69, 9.17) is 9.15 Å². The van der Waals surface area contributed by atoms with Crippen LogP contribution in [0.1, 0.15) is 53.1 Å². The number of carboxylic acids is 1. The van der Waals surface area contributed by atoms with E-state index in [0.29, 0.717) is 31.2 Å². The van der Waals surface area contributed by atoms with E-state index in [1.165, 1.54) is 5.56 Å². The van der Waals surface area contributed by atoms with E-state index in [1.54, 1.807) is 0 Å². The Morgan fingerprint density at radius 1 is 1.08 bits per heavy atom. The standard InChI is InChI=1S/C32H34N2O4/c1-4-26-18-25-14-15-27(37-17-16-29-22(3)38-31(33-29)24-8-6-5-7-9-24)19-28(25)30(32(35)36)34(26)20-23-12-10-21(2)11-13-23/h5-15,19,26,30H,4,16-18,20H2,1-3H3,(H,35,36)/t26-,30?/m0/s1. The molecule has 0 aliphatic carbocycles. The Morgan fingerprint density at radius 2 is 1.84 bits per heavy atom. The molecule has 2 atom stereocenters. The largest absolute Gasteiger partial charge is 0.493 e. The smallest absolute Gasteiger partial charge is 0.325 e. The molecule has 1 aromatic heterocycles. The topological polar surface area (TPSA) is 75.8 Å². The molecular formula is C32H34N2O4. The van der Waals surface area contributed by atoms with Crippen molar-refractivity contribution in [2.45, 2.75) is 58.7 Å². The molecule has 0 bridgehead atoms. The van der Waals surface area contributed by atoms with E-state index < -0.39 is 12.0 Å². The minimum absolute atomic E-state index is 0.158. The average molecular weight is 511 g/mol. The van der Waals surface area contributed by atoms with Crippen LogP contribution >= 0.6 is 0 Å². The van der Waals surface area contributed by atoms with Gasteiger partial charge in [0, 0.05) is 24.6 Å². The molecule has 2 heterocycles. The summed E-state index contributed by atoms with van der Waals surface area (Å²) in [5.74, 6) is 1.22. The molecule has 6 heteroatoms. The van der Waals surface area contributed by atoms with Crippen molar-refractivity contribution >= 4 is 5.97 Å². The molecule has 0 amide bonds. The van der Waals surface area contributed by atoms with Gasteiger partial charge in [0.2, 0.25) is 5.89 Å². The van der Waals surface area contributed by atoms with Gasteiger partial charge in [-0.1, -0.05) is 61.0 Å². The molecule has 0 spiro atoms. The van der Waals surface area contributed by atoms with Gasteiger partial charge in [-0.05, 0) is 67.6 Å². The third-order valence-corrected chi connectivity index (χ3v) is 7.38. The van der Waals surface area contributed by atoms with E-state index in [9.17, 15) is 9.90 Å². The Labute approximate surface area is 223 Å². The SMILES string of the molecule is CC[C@H]1Cc2ccc(OCCc3nc(-c4ccccc4)oc3C)cc2C(C(=O)O)N1Cc1ccc(C)cc1. The number of rotatable bonds is 9. The Hall–Kier alpha value is -3.90. The maximum atomic E-state index is 12.6. The van der Waals surface area contributed by atoms with Crippen LogP contribution in [0.25, 0.3) is 11.5 Å². The Morgan fingerprint density at radius 3 is 2.55 bits per heavy atom. The minimum atomic E-state index is -0.833. The van der Waals surface area contributed by atoms with E-state index in [2.05, 4.69) is 48.0 Å². The third kappa shape index (κ3) is 5.50. The lowest BCUT2D eigenvalue weighted by Gasteiger charge is -2.41. The summed E-state index contributed by atoms with van der Waals surface area (Å²) < 4.78 is 12.0. The number of carboxylic acid groups (broad SMARTS) is 1. The molecule has 6 nitrogen and oxygen atoms in total. The number of oxazole rings is 1. The van der Waals surface area contributed by atoms with Gasteiger partial charge < -0.3 is 14.3 Å². The summed E-state index contributed by atoms with van der Waals surface area (Å²) in [7, 11) is 0. The van der Waals surface area contributed by atoms with Gasteiger partial charge in [0.05, 0.1) is 12.3 Å². The number of aliphatic carboxylic acids is 1. The molecule has 0 saturated heterocycles. The first-order chi connectivity index (χ1) is 18.4. The van der Waals surface area contributed by atoms with Crippen LogP contribution in [0.4, 0.5) is 0 Å². The second-order valence-electron chi connectivity index (χ2n) is 10.0. The van der Waals surface area contributed by atoms with Crippen LogP contribution < -0.4 is 4.74 Å². The van der Waals surface area contributed by atoms with Crippen LogP contribution in [0.3, 0.4) is 0 Å². The second-order valence-corrected chi connectivity index (χ2v) is 10.0. The molecule has 5 rings (SSSR count). The summed E-state index contributed by atoms with van der Waals surface area (Å²) in [6.07, 6.45) is 2.30. The predicted octanol–water partition coefficient (Wildman–Crippen LogP) is 6.54. The van der Waals surface area contributed by atoms with Crippen LogP contribution in [-0.4, -0.2) is 33.6 Å². The first-order valence-electron chi connectivity index (χ1n) is 13.2. The van der Waals surface area contributed by atoms with Crippen molar-refractivity contribution in [3.05, 3.63) is 107 Å². The summed E-state index contributed by atoms with van der Waals surface area (Å²) in [4.78, 5) is 19.4. The quantitative estimate of drug-likeness (QED) is 0.275. The number of hydrogen-bond donors (Lipinski definition) is 1. The molecule has 196 valence electrons. The predicted molar refractivity (Wildman–Crippen MR) is 147 cm³/mol. The third-order valence-electron chi connectivity index (χ3n) is 7.38. The summed E-state index contributed by atoms with van der Waals surface area (Å²) in [6, 6.07) is 23.5. The lowest BCUT2D eigenvalue weighted by atomic mass is 9.86. The molecule has 0 radical (unpaired) electrons. The number of carbonyl (C=O) groups is 1. The Kier molecular flexibility index (Phi) is 7.61. The molecule has 1 aliphatic rings. The zero-order valence-corrected chi connectivity index (χ0v) is 22.2. The summed E-state index contributed by atoms with van der Waals surface area (Å²) in [6.45, 7) is 7.11. The fourth-order valence-electron chi connectivity index (χ4n) is 5.27. The molecule has 1 N–H and O–H groups in total. The van der Waals surface area contributed by atoms with Gasteiger partial charge in [0.25, 0.3) is 0 Å². The summed E-state index contributed by atoms with van der Waals surface area (Å²) in [5, 5.41) is 10.3. The van der Waals surface area contributed by atoms with Crippen molar-refractivity contribution in [3.8, 4) is 17.2 Å². The zero-order chi connectivity index (χ0) is 26.6. The van der Waals surface area contributed by atoms with Gasteiger partial charge in [0.15, 0.2) is 0 Å². The highest BCUT2D eigenvalue weighted by atomic mass is 16.5. The fourth-order valence-corrected chi connectivity index (χ4v) is 5.27. The van der Waals surface area contributed by atoms with E-state index in [1.807, 2.05) is 55.5 Å². The van der Waals surface area contributed by atoms with Gasteiger partial charge >= 0.3 is 5.97 Å². The number of ether oxygens (including phenoxy) is 1. The highest BCUT2D eigenvalue weighted by Gasteiger charge is 2.38. The van der Waals surface area contributed by atoms with E-state index >= 15 is 0 Å². The minimum Gasteiger partial charge on any atom is -0.493 e. The first kappa shape index (κ1) is 25.7. The monoisotopic (exact) mass is 510 g/mol. The van der Waals surface area contributed by atoms with Crippen molar-refractivity contribution in [2.24, 2.45) is 0 Å². The maximum absolute atomic E-state index is 12.6. The van der Waals surface area contributed by atoms with Crippen LogP contribution in [-0.2, 0) is 24.2 Å². The lowest BCUT2D eigenvalue weighted by molar-refractivity contribution is -0.145. The molecule has 0 saturated carbocycles. The van der Waals surface area contributed by atoms with E-state index in [0.717, 1.165) is 46.5 Å². The molecule has 1 unspecified atom stereocenters. The van der Waals surface area contributed by atoms with Gasteiger partial charge in [-0.2, -0.15) is 0 Å². The second kappa shape index (κ2) is 11.2. The highest BCUT2D eigenvalue weighted by Crippen LogP contribution is 2.38. The van der Waals surface area contributed by atoms with Crippen LogP contribution in [0.2, 0.25) is 0 Å². The number of benzene rings is 3. The summed E-state index contributed by atoms with van der Waals surface area (Å²) >= 11 is 0. The molecule has 4 aromatic rings. The summed E-state index contributed by atoms with van der Waals surface area (Å²) in [5.41, 5.74) is 6.01. The highest BCUT2D eigenvalue weighted by molar-refractivity contribution is 5.77. The first-order valence-corrected chi connectivity index (χ1v) is 13.2. The van der Waals surface area contributed by atoms with Crippen LogP contribution in [0.5, 0.6) is 5.75 Å². The molecule has 38 heavy (non-hydrogen) atoms. The van der Waals surface area contributed by atoms with Crippen molar-refractivity contribution < 1.29 is 19.1 Å². The van der Waals surface area contributed by atoms with Gasteiger partial charge in [-0.25, -0.2) is 4.98 Å². The number of nitrogens with zero attached hydrogens (tertiary/aromatic N) is 2. The zero-order valence-electron chi connectivity index (χ0n) is 22.2. The fraction of sp³-hybridized carbons (Fsp3) is 0.312. The van der Waals surface area contributed by atoms with Gasteiger partial charge in [-0.15, -0.1) is 0 Å². The van der Waals surface area contributed by atoms with Crippen LogP contribution in [0, 0.1) is 13.8 Å². The molecule has 0 fully saturated rings. The average Bonchev–Trinajstić information content (AvgIpc) is 3.30. The van der Waals surface area contributed by atoms with Crippen LogP contribution in [0.15, 0.2) is 77.2 Å². The van der Waals surface area contributed by atoms with Crippen molar-refractivity contribution in [1.82, 2.24) is 9.88 Å². The van der Waals surface area contributed by atoms with Crippen molar-refractivity contribution in [3.63, 3.8) is 0 Å². The molecule has 1 aliphatic heterocycles. The van der Waals surface area contributed by atoms with Gasteiger partial charge in [-0.3, -0.25) is 9.69 Å². The van der Waals surface area contributed by atoms with Gasteiger partial charge in [0.1, 0.15) is 17.6 Å². The Balaban J connectivity index is 1.32. The lowest BCUT2D eigenvalue weighted by Crippen LogP contribution is -2.46. The Bertz CT molecular complexity index is 1390. The number of hydrogen-bond acceptors (Lipinski definition) is 5. The molecule has 3 aromatic carbocycles. The number of fused-ring (bicyclic) bond motifs is 1. The number of aromatic nitrogens is 1. The molecular weight excluding hydrogens is 476 g/mol. The maximum Gasteiger partial charge on any atom is 0.325 e. The normalized spacial score (nSPS) is 17.2.